The summed E-state index contributed by atoms with van der Waals surface area (Å²) in [6, 6.07) is 5.09. The molecule has 4 rings (SSSR count). The zero-order valence-electron chi connectivity index (χ0n) is 18.3. The van der Waals surface area contributed by atoms with Crippen LogP contribution in [0.5, 0.6) is 11.5 Å². The average molecular weight is 455 g/mol. The number of hydrogen-bond donors (Lipinski definition) is 3. The van der Waals surface area contributed by atoms with Gasteiger partial charge in [-0.05, 0) is 60.4 Å². The number of hydrogen-bond acceptors (Lipinski definition) is 11. The number of anilines is 1. The van der Waals surface area contributed by atoms with Crippen LogP contribution in [0.4, 0.5) is 5.82 Å². The second-order valence-electron chi connectivity index (χ2n) is 7.72. The molecule has 13 heteroatoms. The van der Waals surface area contributed by atoms with Gasteiger partial charge in [-0.3, -0.25) is 9.69 Å². The number of methoxy groups -OCH3 is 1. The van der Waals surface area contributed by atoms with Gasteiger partial charge in [-0.15, -0.1) is 5.10 Å². The van der Waals surface area contributed by atoms with Crippen molar-refractivity contribution in [1.29, 1.82) is 0 Å². The number of nitrogens with one attached hydrogen (secondary N) is 1. The summed E-state index contributed by atoms with van der Waals surface area (Å²) in [4.78, 5) is 15.1. The molecule has 3 heterocycles. The Bertz CT molecular complexity index is 1160. The number of amides is 1. The van der Waals surface area contributed by atoms with Gasteiger partial charge in [0.1, 0.15) is 0 Å². The minimum Gasteiger partial charge on any atom is -0.504 e. The maximum Gasteiger partial charge on any atom is 0.293 e. The number of hydrazone groups is 1. The van der Waals surface area contributed by atoms with Crippen molar-refractivity contribution < 1.29 is 19.3 Å². The number of likely N-dealkylation sites (tertiary alicyclic amines) is 1. The number of carbonyl (C=O) groups excluding carboxylic acids is 1. The summed E-state index contributed by atoms with van der Waals surface area (Å²) >= 11 is 0. The molecule has 2 aromatic heterocycles. The van der Waals surface area contributed by atoms with Crippen LogP contribution >= 0.6 is 0 Å². The van der Waals surface area contributed by atoms with E-state index in [-0.39, 0.29) is 23.1 Å². The number of ether oxygens (including phenoxy) is 1. The van der Waals surface area contributed by atoms with E-state index in [1.165, 1.54) is 24.1 Å². The molecule has 1 atom stereocenters. The Kier molecular flexibility index (Phi) is 6.49. The molecular weight excluding hydrogens is 430 g/mol. The highest BCUT2D eigenvalue weighted by atomic mass is 16.6. The lowest BCUT2D eigenvalue weighted by Gasteiger charge is -2.33. The van der Waals surface area contributed by atoms with Crippen LogP contribution in [0.2, 0.25) is 0 Å². The Morgan fingerprint density at radius 1 is 1.42 bits per heavy atom. The lowest BCUT2D eigenvalue weighted by atomic mass is 10.0. The third-order valence-electron chi connectivity index (χ3n) is 5.55. The first-order valence-electron chi connectivity index (χ1n) is 10.5. The average Bonchev–Trinajstić information content (AvgIpc) is 3.41. The van der Waals surface area contributed by atoms with Gasteiger partial charge in [0.15, 0.2) is 17.2 Å². The van der Waals surface area contributed by atoms with Crippen molar-refractivity contribution >= 4 is 17.9 Å². The van der Waals surface area contributed by atoms with Crippen LogP contribution in [0, 0.1) is 0 Å². The van der Waals surface area contributed by atoms with Crippen LogP contribution in [-0.2, 0) is 6.54 Å². The van der Waals surface area contributed by atoms with Crippen molar-refractivity contribution in [3.8, 4) is 17.3 Å². The number of benzene rings is 1. The molecule has 0 radical (unpaired) electrons. The Morgan fingerprint density at radius 3 is 2.97 bits per heavy atom. The minimum atomic E-state index is -0.551. The van der Waals surface area contributed by atoms with E-state index in [0.717, 1.165) is 25.8 Å². The van der Waals surface area contributed by atoms with Gasteiger partial charge < -0.3 is 15.6 Å². The number of aromatic nitrogens is 5. The first kappa shape index (κ1) is 22.2. The van der Waals surface area contributed by atoms with Crippen LogP contribution in [0.3, 0.4) is 0 Å². The molecule has 1 fully saturated rings. The fourth-order valence-electron chi connectivity index (χ4n) is 3.72. The van der Waals surface area contributed by atoms with E-state index in [0.29, 0.717) is 29.6 Å². The Labute approximate surface area is 189 Å². The van der Waals surface area contributed by atoms with Gasteiger partial charge in [-0.2, -0.15) is 9.78 Å². The summed E-state index contributed by atoms with van der Waals surface area (Å²) in [6.07, 6.45) is 4.70. The maximum atomic E-state index is 12.9. The number of carbonyl (C=O) groups is 1. The summed E-state index contributed by atoms with van der Waals surface area (Å²) < 4.78 is 11.1. The first-order valence-corrected chi connectivity index (χ1v) is 10.5. The zero-order chi connectivity index (χ0) is 23.4. The standard InChI is InChI=1S/C20H25N9O4/c1-12-5-3-4-8-28(12)11-14-17(23-27-29(14)19-18(21)25-33-26-19)20(31)24-22-10-13-6-7-16(32-2)15(30)9-13/h6-7,9-10,12,30H,3-5,8,11H2,1-2H3,(H2,21,25)(H,24,31). The third-order valence-corrected chi connectivity index (χ3v) is 5.55. The van der Waals surface area contributed by atoms with Crippen LogP contribution in [-0.4, -0.2) is 67.1 Å². The Balaban J connectivity index is 1.57. The second-order valence-corrected chi connectivity index (χ2v) is 7.72. The van der Waals surface area contributed by atoms with E-state index in [2.05, 4.69) is 43.0 Å². The van der Waals surface area contributed by atoms with E-state index >= 15 is 0 Å². The van der Waals surface area contributed by atoms with Crippen LogP contribution in [0.1, 0.15) is 47.9 Å². The van der Waals surface area contributed by atoms with Crippen molar-refractivity contribution in [3.63, 3.8) is 0 Å². The molecule has 1 aromatic carbocycles. The molecular formula is C20H25N9O4. The van der Waals surface area contributed by atoms with Crippen molar-refractivity contribution in [2.75, 3.05) is 19.4 Å². The molecule has 1 aliphatic heterocycles. The van der Waals surface area contributed by atoms with Gasteiger partial charge >= 0.3 is 0 Å². The Morgan fingerprint density at radius 2 is 2.27 bits per heavy atom. The summed E-state index contributed by atoms with van der Waals surface area (Å²) in [6.45, 7) is 3.45. The second kappa shape index (κ2) is 9.65. The molecule has 3 aromatic rings. The highest BCUT2D eigenvalue weighted by molar-refractivity contribution is 5.94. The molecule has 1 aliphatic rings. The summed E-state index contributed by atoms with van der Waals surface area (Å²) in [5.41, 5.74) is 9.45. The number of nitrogen functional groups attached to an aromatic ring is 1. The first-order chi connectivity index (χ1) is 16.0. The number of nitrogens with two attached hydrogens (primary N) is 1. The molecule has 0 saturated carbocycles. The van der Waals surface area contributed by atoms with Gasteiger partial charge in [0.05, 0.1) is 19.0 Å². The number of phenols is 1. The summed E-state index contributed by atoms with van der Waals surface area (Å²) in [7, 11) is 1.46. The molecule has 0 bridgehead atoms. The smallest absolute Gasteiger partial charge is 0.293 e. The predicted octanol–water partition coefficient (Wildman–Crippen LogP) is 1.08. The highest BCUT2D eigenvalue weighted by Gasteiger charge is 2.28. The fraction of sp³-hybridized carbons (Fsp3) is 0.400. The number of rotatable bonds is 7. The van der Waals surface area contributed by atoms with E-state index in [1.807, 2.05) is 0 Å². The molecule has 174 valence electrons. The molecule has 1 saturated heterocycles. The topological polar surface area (TPSA) is 170 Å². The number of phenolic OH excluding ortho intramolecular Hbond substituents is 1. The molecule has 1 unspecified atom stereocenters. The van der Waals surface area contributed by atoms with Crippen molar-refractivity contribution in [3.05, 3.63) is 35.2 Å². The van der Waals surface area contributed by atoms with E-state index in [4.69, 9.17) is 15.1 Å². The van der Waals surface area contributed by atoms with E-state index < -0.39 is 5.91 Å². The zero-order valence-corrected chi connectivity index (χ0v) is 18.3. The highest BCUT2D eigenvalue weighted by Crippen LogP contribution is 2.25. The van der Waals surface area contributed by atoms with Crippen LogP contribution < -0.4 is 15.9 Å². The largest absolute Gasteiger partial charge is 0.504 e. The van der Waals surface area contributed by atoms with E-state index in [9.17, 15) is 9.90 Å². The van der Waals surface area contributed by atoms with Gasteiger partial charge in [-0.1, -0.05) is 11.6 Å². The monoisotopic (exact) mass is 455 g/mol. The molecule has 4 N–H and O–H groups in total. The van der Waals surface area contributed by atoms with Crippen molar-refractivity contribution in [2.24, 2.45) is 5.10 Å². The molecule has 0 spiro atoms. The fourth-order valence-corrected chi connectivity index (χ4v) is 3.72. The van der Waals surface area contributed by atoms with Gasteiger partial charge in [0.25, 0.3) is 5.91 Å². The lowest BCUT2D eigenvalue weighted by molar-refractivity contribution is 0.0945. The van der Waals surface area contributed by atoms with Gasteiger partial charge in [-0.25, -0.2) is 10.1 Å². The number of piperidine rings is 1. The predicted molar refractivity (Wildman–Crippen MR) is 117 cm³/mol. The number of nitrogens with zero attached hydrogens (tertiary/aromatic N) is 7. The number of aromatic hydroxyl groups is 1. The van der Waals surface area contributed by atoms with Crippen LogP contribution in [0.15, 0.2) is 27.9 Å². The summed E-state index contributed by atoms with van der Waals surface area (Å²) in [5, 5.41) is 29.3. The Hall–Kier alpha value is -4.00. The minimum absolute atomic E-state index is 0.0348. The quantitative estimate of drug-likeness (QED) is 0.346. The lowest BCUT2D eigenvalue weighted by Crippen LogP contribution is -2.38. The van der Waals surface area contributed by atoms with Crippen molar-refractivity contribution in [2.45, 2.75) is 38.8 Å². The van der Waals surface area contributed by atoms with E-state index in [1.54, 1.807) is 12.1 Å². The van der Waals surface area contributed by atoms with Crippen LogP contribution in [0.25, 0.3) is 5.82 Å². The molecule has 1 amide bonds. The van der Waals surface area contributed by atoms with Gasteiger partial charge in [0, 0.05) is 12.6 Å². The molecule has 0 aliphatic carbocycles. The third kappa shape index (κ3) is 4.77. The SMILES string of the molecule is COc1ccc(C=NNC(=O)c2nnn(-c3nonc3N)c2CN2CCCCC2C)cc1O. The van der Waals surface area contributed by atoms with Gasteiger partial charge in [0.2, 0.25) is 11.6 Å². The normalized spacial score (nSPS) is 16.8. The summed E-state index contributed by atoms with van der Waals surface area (Å²) in [5.74, 6) is -0.0426. The van der Waals surface area contributed by atoms with Crippen molar-refractivity contribution in [1.82, 2.24) is 35.6 Å². The maximum absolute atomic E-state index is 12.9. The molecule has 33 heavy (non-hydrogen) atoms. The molecule has 13 nitrogen and oxygen atoms in total.